The van der Waals surface area contributed by atoms with Crippen molar-refractivity contribution in [1.82, 2.24) is 10.6 Å². The molecule has 1 atom stereocenters. The maximum absolute atomic E-state index is 12.5. The first-order valence-electron chi connectivity index (χ1n) is 8.09. The minimum Gasteiger partial charge on any atom is -0.345 e. The van der Waals surface area contributed by atoms with E-state index in [-0.39, 0.29) is 17.9 Å². The van der Waals surface area contributed by atoms with Crippen LogP contribution in [0.2, 0.25) is 0 Å². The fourth-order valence-electron chi connectivity index (χ4n) is 2.74. The second-order valence-corrected chi connectivity index (χ2v) is 6.23. The lowest BCUT2D eigenvalue weighted by Crippen LogP contribution is -2.37. The number of hydrogen-bond donors (Lipinski definition) is 2. The predicted octanol–water partition coefficient (Wildman–Crippen LogP) is 3.36. The Labute approximate surface area is 139 Å². The SMILES string of the molecule is CNCC(C)C(=O)NC(c1cccc(C)c1)c1cccc(C)c1. The molecular weight excluding hydrogens is 284 g/mol. The molecule has 122 valence electrons. The summed E-state index contributed by atoms with van der Waals surface area (Å²) in [6.07, 6.45) is 0. The first kappa shape index (κ1) is 17.2. The molecule has 0 aliphatic rings. The van der Waals surface area contributed by atoms with E-state index in [1.165, 1.54) is 11.1 Å². The van der Waals surface area contributed by atoms with Gasteiger partial charge in [0.1, 0.15) is 0 Å². The first-order chi connectivity index (χ1) is 11.0. The molecule has 0 fully saturated rings. The van der Waals surface area contributed by atoms with Crippen LogP contribution in [0.3, 0.4) is 0 Å². The van der Waals surface area contributed by atoms with E-state index < -0.39 is 0 Å². The van der Waals surface area contributed by atoms with Crippen molar-refractivity contribution in [1.29, 1.82) is 0 Å². The van der Waals surface area contributed by atoms with Crippen LogP contribution in [0.1, 0.15) is 35.2 Å². The summed E-state index contributed by atoms with van der Waals surface area (Å²) >= 11 is 0. The van der Waals surface area contributed by atoms with Crippen molar-refractivity contribution in [3.8, 4) is 0 Å². The number of carbonyl (C=O) groups is 1. The average Bonchev–Trinajstić information content (AvgIpc) is 2.52. The van der Waals surface area contributed by atoms with Crippen LogP contribution in [0.5, 0.6) is 0 Å². The highest BCUT2D eigenvalue weighted by atomic mass is 16.1. The molecule has 0 aliphatic carbocycles. The van der Waals surface area contributed by atoms with Gasteiger partial charge in [0.25, 0.3) is 0 Å². The zero-order chi connectivity index (χ0) is 16.8. The van der Waals surface area contributed by atoms with Gasteiger partial charge in [-0.25, -0.2) is 0 Å². The van der Waals surface area contributed by atoms with E-state index >= 15 is 0 Å². The zero-order valence-corrected chi connectivity index (χ0v) is 14.4. The lowest BCUT2D eigenvalue weighted by atomic mass is 9.95. The summed E-state index contributed by atoms with van der Waals surface area (Å²) in [4.78, 5) is 12.5. The number of hydrogen-bond acceptors (Lipinski definition) is 2. The topological polar surface area (TPSA) is 41.1 Å². The Bertz CT molecular complexity index is 621. The van der Waals surface area contributed by atoms with Crippen molar-refractivity contribution in [2.24, 2.45) is 5.92 Å². The Morgan fingerprint density at radius 3 is 1.96 bits per heavy atom. The molecule has 23 heavy (non-hydrogen) atoms. The monoisotopic (exact) mass is 310 g/mol. The molecular formula is C20H26N2O. The molecule has 2 N–H and O–H groups in total. The number of aryl methyl sites for hydroxylation is 2. The van der Waals surface area contributed by atoms with Crippen LogP contribution >= 0.6 is 0 Å². The molecule has 0 saturated heterocycles. The Morgan fingerprint density at radius 1 is 1.00 bits per heavy atom. The minimum atomic E-state index is -0.124. The molecule has 0 aliphatic heterocycles. The molecule has 0 spiro atoms. The Kier molecular flexibility index (Phi) is 5.94. The fraction of sp³-hybridized carbons (Fsp3) is 0.350. The van der Waals surface area contributed by atoms with Gasteiger partial charge in [0.2, 0.25) is 5.91 Å². The van der Waals surface area contributed by atoms with Gasteiger partial charge in [0.05, 0.1) is 6.04 Å². The zero-order valence-electron chi connectivity index (χ0n) is 14.4. The van der Waals surface area contributed by atoms with Gasteiger partial charge in [-0.05, 0) is 32.0 Å². The summed E-state index contributed by atoms with van der Waals surface area (Å²) in [6.45, 7) is 6.75. The van der Waals surface area contributed by atoms with Crippen LogP contribution < -0.4 is 10.6 Å². The minimum absolute atomic E-state index is 0.0624. The van der Waals surface area contributed by atoms with Crippen molar-refractivity contribution in [3.63, 3.8) is 0 Å². The molecule has 2 aromatic rings. The number of rotatable bonds is 6. The van der Waals surface area contributed by atoms with Crippen molar-refractivity contribution >= 4 is 5.91 Å². The highest BCUT2D eigenvalue weighted by Gasteiger charge is 2.20. The fourth-order valence-corrected chi connectivity index (χ4v) is 2.74. The van der Waals surface area contributed by atoms with Gasteiger partial charge in [-0.1, -0.05) is 66.6 Å². The quantitative estimate of drug-likeness (QED) is 0.859. The molecule has 2 rings (SSSR count). The molecule has 1 unspecified atom stereocenters. The molecule has 2 aromatic carbocycles. The average molecular weight is 310 g/mol. The number of nitrogens with one attached hydrogen (secondary N) is 2. The third-order valence-corrected chi connectivity index (χ3v) is 4.00. The summed E-state index contributed by atoms with van der Waals surface area (Å²) in [5, 5.41) is 6.27. The van der Waals surface area contributed by atoms with Crippen molar-refractivity contribution < 1.29 is 4.79 Å². The van der Waals surface area contributed by atoms with Gasteiger partial charge in [0, 0.05) is 12.5 Å². The highest BCUT2D eigenvalue weighted by Crippen LogP contribution is 2.24. The predicted molar refractivity (Wildman–Crippen MR) is 95.4 cm³/mol. The van der Waals surface area contributed by atoms with E-state index in [1.54, 1.807) is 0 Å². The van der Waals surface area contributed by atoms with Crippen LogP contribution in [0.25, 0.3) is 0 Å². The van der Waals surface area contributed by atoms with Crippen molar-refractivity contribution in [2.45, 2.75) is 26.8 Å². The molecule has 0 heterocycles. The summed E-state index contributed by atoms with van der Waals surface area (Å²) in [7, 11) is 1.86. The third-order valence-electron chi connectivity index (χ3n) is 4.00. The summed E-state index contributed by atoms with van der Waals surface area (Å²) in [6, 6.07) is 16.5. The van der Waals surface area contributed by atoms with Crippen molar-refractivity contribution in [2.75, 3.05) is 13.6 Å². The normalized spacial score (nSPS) is 12.2. The van der Waals surface area contributed by atoms with Crippen LogP contribution in [0, 0.1) is 19.8 Å². The highest BCUT2D eigenvalue weighted by molar-refractivity contribution is 5.79. The van der Waals surface area contributed by atoms with E-state index in [1.807, 2.05) is 26.1 Å². The standard InChI is InChI=1S/C20H26N2O/c1-14-7-5-9-17(11-14)19(18-10-6-8-15(2)12-18)22-20(23)16(3)13-21-4/h5-12,16,19,21H,13H2,1-4H3,(H,22,23). The van der Waals surface area contributed by atoms with Crippen molar-refractivity contribution in [3.05, 3.63) is 70.8 Å². The molecule has 3 heteroatoms. The van der Waals surface area contributed by atoms with Crippen LogP contribution in [0.4, 0.5) is 0 Å². The van der Waals surface area contributed by atoms with E-state index in [9.17, 15) is 4.79 Å². The summed E-state index contributed by atoms with van der Waals surface area (Å²) in [5.41, 5.74) is 4.61. The van der Waals surface area contributed by atoms with E-state index in [0.717, 1.165) is 11.1 Å². The third kappa shape index (κ3) is 4.67. The summed E-state index contributed by atoms with van der Waals surface area (Å²) < 4.78 is 0. The Morgan fingerprint density at radius 2 is 1.52 bits per heavy atom. The Balaban J connectivity index is 2.34. The molecule has 0 bridgehead atoms. The van der Waals surface area contributed by atoms with Crippen LogP contribution in [-0.2, 0) is 4.79 Å². The number of amides is 1. The Hall–Kier alpha value is -2.13. The first-order valence-corrected chi connectivity index (χ1v) is 8.09. The lowest BCUT2D eigenvalue weighted by molar-refractivity contribution is -0.124. The molecule has 0 saturated carbocycles. The second kappa shape index (κ2) is 7.93. The molecule has 3 nitrogen and oxygen atoms in total. The van der Waals surface area contributed by atoms with Gasteiger partial charge >= 0.3 is 0 Å². The maximum atomic E-state index is 12.5. The second-order valence-electron chi connectivity index (χ2n) is 6.23. The van der Waals surface area contributed by atoms with Crippen LogP contribution in [-0.4, -0.2) is 19.5 Å². The van der Waals surface area contributed by atoms with Gasteiger partial charge in [-0.3, -0.25) is 4.79 Å². The number of benzene rings is 2. The van der Waals surface area contributed by atoms with E-state index in [2.05, 4.69) is 60.9 Å². The maximum Gasteiger partial charge on any atom is 0.224 e. The molecule has 0 aromatic heterocycles. The van der Waals surface area contributed by atoms with Gasteiger partial charge in [0.15, 0.2) is 0 Å². The number of carbonyl (C=O) groups excluding carboxylic acids is 1. The molecule has 0 radical (unpaired) electrons. The lowest BCUT2D eigenvalue weighted by Gasteiger charge is -2.23. The largest absolute Gasteiger partial charge is 0.345 e. The van der Waals surface area contributed by atoms with E-state index in [4.69, 9.17) is 0 Å². The van der Waals surface area contributed by atoms with Crippen LogP contribution in [0.15, 0.2) is 48.5 Å². The smallest absolute Gasteiger partial charge is 0.224 e. The molecule has 1 amide bonds. The van der Waals surface area contributed by atoms with Gasteiger partial charge < -0.3 is 10.6 Å². The van der Waals surface area contributed by atoms with E-state index in [0.29, 0.717) is 6.54 Å². The summed E-state index contributed by atoms with van der Waals surface area (Å²) in [5.74, 6) is -0.00974. The van der Waals surface area contributed by atoms with Gasteiger partial charge in [-0.15, -0.1) is 0 Å². The van der Waals surface area contributed by atoms with Gasteiger partial charge in [-0.2, -0.15) is 0 Å².